The van der Waals surface area contributed by atoms with Crippen LogP contribution < -0.4 is 10.5 Å². The van der Waals surface area contributed by atoms with Crippen LogP contribution in [0.3, 0.4) is 0 Å². The van der Waals surface area contributed by atoms with Crippen molar-refractivity contribution < 1.29 is 0 Å². The van der Waals surface area contributed by atoms with E-state index in [0.717, 1.165) is 5.82 Å². The van der Waals surface area contributed by atoms with Crippen LogP contribution in [0, 0.1) is 0 Å². The van der Waals surface area contributed by atoms with Crippen molar-refractivity contribution in [1.29, 1.82) is 0 Å². The van der Waals surface area contributed by atoms with E-state index >= 15 is 0 Å². The zero-order chi connectivity index (χ0) is 7.56. The molecule has 0 aliphatic heterocycles. The van der Waals surface area contributed by atoms with Gasteiger partial charge in [-0.25, -0.2) is 5.10 Å². The lowest BCUT2D eigenvalue weighted by molar-refractivity contribution is 0.938. The van der Waals surface area contributed by atoms with Crippen LogP contribution in [-0.4, -0.2) is 24.3 Å². The van der Waals surface area contributed by atoms with E-state index < -0.39 is 0 Å². The summed E-state index contributed by atoms with van der Waals surface area (Å²) in [6.45, 7) is 0. The van der Waals surface area contributed by atoms with Crippen molar-refractivity contribution >= 4 is 5.82 Å². The summed E-state index contributed by atoms with van der Waals surface area (Å²) < 4.78 is 0. The molecule has 1 aromatic heterocycles. The minimum absolute atomic E-state index is 0.175. The first-order chi connectivity index (χ1) is 4.70. The molecule has 0 aliphatic carbocycles. The first-order valence-electron chi connectivity index (χ1n) is 2.93. The molecule has 0 bridgehead atoms. The molecule has 0 aromatic carbocycles. The number of aromatic nitrogens is 2. The quantitative estimate of drug-likeness (QED) is 0.588. The lowest BCUT2D eigenvalue weighted by atomic mass is 10.5. The van der Waals surface area contributed by atoms with Crippen molar-refractivity contribution in [3.63, 3.8) is 0 Å². The Morgan fingerprint density at radius 2 is 2.20 bits per heavy atom. The summed E-state index contributed by atoms with van der Waals surface area (Å²) >= 11 is 0. The molecule has 1 N–H and O–H groups in total. The zero-order valence-corrected chi connectivity index (χ0v) is 5.96. The van der Waals surface area contributed by atoms with E-state index in [4.69, 9.17) is 0 Å². The van der Waals surface area contributed by atoms with Crippen LogP contribution in [0.15, 0.2) is 16.9 Å². The monoisotopic (exact) mass is 139 g/mol. The number of rotatable bonds is 1. The van der Waals surface area contributed by atoms with Gasteiger partial charge in [0.2, 0.25) is 0 Å². The van der Waals surface area contributed by atoms with E-state index in [2.05, 4.69) is 10.2 Å². The van der Waals surface area contributed by atoms with Crippen molar-refractivity contribution in [3.8, 4) is 0 Å². The van der Waals surface area contributed by atoms with Crippen molar-refractivity contribution in [2.45, 2.75) is 0 Å². The Morgan fingerprint density at radius 1 is 1.50 bits per heavy atom. The number of hydrogen-bond donors (Lipinski definition) is 1. The van der Waals surface area contributed by atoms with Crippen molar-refractivity contribution in [3.05, 3.63) is 22.5 Å². The largest absolute Gasteiger partial charge is 0.361 e. The molecule has 1 rings (SSSR count). The van der Waals surface area contributed by atoms with Crippen LogP contribution in [0.1, 0.15) is 0 Å². The van der Waals surface area contributed by atoms with Gasteiger partial charge in [-0.3, -0.25) is 4.79 Å². The highest BCUT2D eigenvalue weighted by atomic mass is 16.1. The summed E-state index contributed by atoms with van der Waals surface area (Å²) in [5, 5.41) is 6.10. The Hall–Kier alpha value is -1.32. The fraction of sp³-hybridized carbons (Fsp3) is 0.333. The highest BCUT2D eigenvalue weighted by Crippen LogP contribution is 1.98. The average Bonchev–Trinajstić information content (AvgIpc) is 1.88. The molecule has 0 unspecified atom stereocenters. The van der Waals surface area contributed by atoms with E-state index in [1.165, 1.54) is 6.07 Å². The Morgan fingerprint density at radius 3 is 2.60 bits per heavy atom. The predicted molar refractivity (Wildman–Crippen MR) is 39.2 cm³/mol. The smallest absolute Gasteiger partial charge is 0.264 e. The molecule has 1 heterocycles. The first-order valence-corrected chi connectivity index (χ1v) is 2.93. The maximum Gasteiger partial charge on any atom is 0.264 e. The van der Waals surface area contributed by atoms with Gasteiger partial charge >= 0.3 is 0 Å². The molecule has 0 spiro atoms. The van der Waals surface area contributed by atoms with Gasteiger partial charge in [-0.15, -0.1) is 0 Å². The lowest BCUT2D eigenvalue weighted by Crippen LogP contribution is -2.14. The molecule has 0 aliphatic rings. The Balaban J connectivity index is 3.00. The topological polar surface area (TPSA) is 49.0 Å². The molecule has 0 fully saturated rings. The van der Waals surface area contributed by atoms with Crippen molar-refractivity contribution in [1.82, 2.24) is 10.2 Å². The van der Waals surface area contributed by atoms with Crippen LogP contribution in [0.4, 0.5) is 5.82 Å². The molecule has 0 saturated heterocycles. The second kappa shape index (κ2) is 2.51. The summed E-state index contributed by atoms with van der Waals surface area (Å²) in [7, 11) is 3.72. The molecule has 1 aromatic rings. The third-order valence-corrected chi connectivity index (χ3v) is 1.12. The standard InChI is InChI=1S/C6H9N3O/c1-9(2)5-3-4-6(10)8-7-5/h3-4H,1-2H3,(H,8,10). The van der Waals surface area contributed by atoms with E-state index in [0.29, 0.717) is 0 Å². The summed E-state index contributed by atoms with van der Waals surface area (Å²) in [5.74, 6) is 0.750. The predicted octanol–water partition coefficient (Wildman–Crippen LogP) is -0.164. The zero-order valence-electron chi connectivity index (χ0n) is 5.96. The van der Waals surface area contributed by atoms with Crippen molar-refractivity contribution in [2.75, 3.05) is 19.0 Å². The van der Waals surface area contributed by atoms with Gasteiger partial charge in [-0.2, -0.15) is 5.10 Å². The third-order valence-electron chi connectivity index (χ3n) is 1.12. The van der Waals surface area contributed by atoms with Gasteiger partial charge in [-0.1, -0.05) is 0 Å². The minimum Gasteiger partial charge on any atom is -0.361 e. The Kier molecular flexibility index (Phi) is 1.71. The van der Waals surface area contributed by atoms with Gasteiger partial charge < -0.3 is 4.90 Å². The van der Waals surface area contributed by atoms with E-state index in [9.17, 15) is 4.79 Å². The number of aromatic amines is 1. The third kappa shape index (κ3) is 1.34. The summed E-state index contributed by atoms with van der Waals surface area (Å²) in [6.07, 6.45) is 0. The molecule has 10 heavy (non-hydrogen) atoms. The molecule has 0 atom stereocenters. The van der Waals surface area contributed by atoms with Gasteiger partial charge in [-0.05, 0) is 6.07 Å². The van der Waals surface area contributed by atoms with Crippen LogP contribution >= 0.6 is 0 Å². The van der Waals surface area contributed by atoms with Crippen LogP contribution in [0.2, 0.25) is 0 Å². The van der Waals surface area contributed by atoms with Crippen LogP contribution in [-0.2, 0) is 0 Å². The molecule has 0 saturated carbocycles. The second-order valence-electron chi connectivity index (χ2n) is 2.17. The second-order valence-corrected chi connectivity index (χ2v) is 2.17. The maximum absolute atomic E-state index is 10.5. The summed E-state index contributed by atoms with van der Waals surface area (Å²) in [5.41, 5.74) is -0.175. The minimum atomic E-state index is -0.175. The van der Waals surface area contributed by atoms with E-state index in [1.54, 1.807) is 6.07 Å². The summed E-state index contributed by atoms with van der Waals surface area (Å²) in [4.78, 5) is 12.3. The van der Waals surface area contributed by atoms with E-state index in [-0.39, 0.29) is 5.56 Å². The summed E-state index contributed by atoms with van der Waals surface area (Å²) in [6, 6.07) is 3.11. The van der Waals surface area contributed by atoms with Crippen LogP contribution in [0.5, 0.6) is 0 Å². The molecule has 0 amide bonds. The van der Waals surface area contributed by atoms with E-state index in [1.807, 2.05) is 19.0 Å². The Bertz CT molecular complexity index is 245. The molecular weight excluding hydrogens is 130 g/mol. The number of anilines is 1. The Labute approximate surface area is 58.5 Å². The SMILES string of the molecule is CN(C)c1ccc(=O)[nH]n1. The van der Waals surface area contributed by atoms with Gasteiger partial charge in [0.25, 0.3) is 5.56 Å². The number of hydrogen-bond acceptors (Lipinski definition) is 3. The molecular formula is C6H9N3O. The highest BCUT2D eigenvalue weighted by molar-refractivity contribution is 5.33. The van der Waals surface area contributed by atoms with Crippen LogP contribution in [0.25, 0.3) is 0 Å². The molecule has 4 nitrogen and oxygen atoms in total. The van der Waals surface area contributed by atoms with Gasteiger partial charge in [0.1, 0.15) is 5.82 Å². The van der Waals surface area contributed by atoms with Gasteiger partial charge in [0.05, 0.1) is 0 Å². The van der Waals surface area contributed by atoms with Gasteiger partial charge in [0, 0.05) is 20.2 Å². The number of nitrogens with one attached hydrogen (secondary N) is 1. The van der Waals surface area contributed by atoms with Crippen molar-refractivity contribution in [2.24, 2.45) is 0 Å². The number of nitrogens with zero attached hydrogens (tertiary/aromatic N) is 2. The fourth-order valence-corrected chi connectivity index (χ4v) is 0.586. The molecule has 0 radical (unpaired) electrons. The number of H-pyrrole nitrogens is 1. The lowest BCUT2D eigenvalue weighted by Gasteiger charge is -2.08. The van der Waals surface area contributed by atoms with Gasteiger partial charge in [0.15, 0.2) is 0 Å². The molecule has 4 heteroatoms. The normalized spacial score (nSPS) is 9.40. The average molecular weight is 139 g/mol. The first kappa shape index (κ1) is 6.80. The highest BCUT2D eigenvalue weighted by Gasteiger charge is 1.92. The fourth-order valence-electron chi connectivity index (χ4n) is 0.586. The maximum atomic E-state index is 10.5. The molecule has 54 valence electrons.